The molecule has 0 heterocycles. The Morgan fingerprint density at radius 2 is 1.70 bits per heavy atom. The highest BCUT2D eigenvalue weighted by molar-refractivity contribution is 9.10. The molecule has 0 saturated heterocycles. The van der Waals surface area contributed by atoms with Crippen molar-refractivity contribution in [1.29, 1.82) is 0 Å². The number of hydrogen-bond acceptors (Lipinski definition) is 3. The molecule has 2 aromatic carbocycles. The number of amides is 1. The predicted octanol–water partition coefficient (Wildman–Crippen LogP) is 3.59. The van der Waals surface area contributed by atoms with Gasteiger partial charge in [-0.2, -0.15) is 0 Å². The van der Waals surface area contributed by atoms with E-state index in [0.29, 0.717) is 12.2 Å². The summed E-state index contributed by atoms with van der Waals surface area (Å²) in [5.74, 6) is -1.50. The molecule has 0 fully saturated rings. The predicted molar refractivity (Wildman–Crippen MR) is 93.3 cm³/mol. The zero-order valence-electron chi connectivity index (χ0n) is 12.9. The van der Waals surface area contributed by atoms with Crippen molar-refractivity contribution in [3.05, 3.63) is 64.6 Å². The van der Waals surface area contributed by atoms with Crippen LogP contribution < -0.4 is 4.90 Å². The van der Waals surface area contributed by atoms with Crippen molar-refractivity contribution in [2.45, 2.75) is 12.8 Å². The molecule has 2 aromatic rings. The summed E-state index contributed by atoms with van der Waals surface area (Å²) in [4.78, 5) is 25.3. The van der Waals surface area contributed by atoms with E-state index in [9.17, 15) is 9.59 Å². The lowest BCUT2D eigenvalue weighted by Crippen LogP contribution is -2.38. The highest BCUT2D eigenvalue weighted by atomic mass is 79.9. The molecule has 0 radical (unpaired) electrons. The molecule has 0 aromatic heterocycles. The Bertz CT molecular complexity index is 656. The molecule has 0 aliphatic heterocycles. The van der Waals surface area contributed by atoms with Crippen LogP contribution in [0.15, 0.2) is 59.1 Å². The Balaban J connectivity index is 2.08. The van der Waals surface area contributed by atoms with E-state index in [2.05, 4.69) is 20.7 Å². The number of aryl methyl sites for hydroxylation is 1. The van der Waals surface area contributed by atoms with Crippen LogP contribution >= 0.6 is 15.9 Å². The summed E-state index contributed by atoms with van der Waals surface area (Å²) in [5, 5.41) is 0. The first-order valence-corrected chi connectivity index (χ1v) is 8.10. The number of hydrogen-bond donors (Lipinski definition) is 0. The number of nitrogens with zero attached hydrogens (tertiary/aromatic N) is 1. The molecule has 1 amide bonds. The lowest BCUT2D eigenvalue weighted by molar-refractivity contribution is -0.151. The largest absolute Gasteiger partial charge is 0.462 e. The highest BCUT2D eigenvalue weighted by Crippen LogP contribution is 2.19. The van der Waals surface area contributed by atoms with Gasteiger partial charge in [0.05, 0.1) is 7.11 Å². The Hall–Kier alpha value is -2.14. The van der Waals surface area contributed by atoms with Crippen LogP contribution in [0.3, 0.4) is 0 Å². The SMILES string of the molecule is COC(=O)C(=O)N(CCCc1ccccc1)c1ccc(Br)cc1. The topological polar surface area (TPSA) is 46.6 Å². The number of anilines is 1. The maximum atomic E-state index is 12.2. The van der Waals surface area contributed by atoms with E-state index in [1.165, 1.54) is 17.6 Å². The number of ether oxygens (including phenoxy) is 1. The maximum Gasteiger partial charge on any atom is 0.397 e. The average molecular weight is 376 g/mol. The first-order valence-electron chi connectivity index (χ1n) is 7.31. The normalized spacial score (nSPS) is 10.2. The lowest BCUT2D eigenvalue weighted by Gasteiger charge is -2.21. The average Bonchev–Trinajstić information content (AvgIpc) is 2.59. The molecule has 2 rings (SSSR count). The van der Waals surface area contributed by atoms with Crippen LogP contribution in [0, 0.1) is 0 Å². The third-order valence-electron chi connectivity index (χ3n) is 3.43. The van der Waals surface area contributed by atoms with E-state index in [1.54, 1.807) is 12.1 Å². The molecule has 0 bridgehead atoms. The summed E-state index contributed by atoms with van der Waals surface area (Å²) in [6, 6.07) is 17.3. The van der Waals surface area contributed by atoms with Crippen LogP contribution in [-0.2, 0) is 20.7 Å². The monoisotopic (exact) mass is 375 g/mol. The third kappa shape index (κ3) is 4.93. The van der Waals surface area contributed by atoms with E-state index in [4.69, 9.17) is 0 Å². The molecule has 120 valence electrons. The molecule has 0 aliphatic rings. The number of rotatable bonds is 5. The third-order valence-corrected chi connectivity index (χ3v) is 3.96. The van der Waals surface area contributed by atoms with Gasteiger partial charge in [0, 0.05) is 16.7 Å². The molecule has 4 nitrogen and oxygen atoms in total. The second-order valence-corrected chi connectivity index (χ2v) is 5.93. The van der Waals surface area contributed by atoms with Crippen molar-refractivity contribution in [3.8, 4) is 0 Å². The van der Waals surface area contributed by atoms with E-state index in [1.807, 2.05) is 42.5 Å². The fourth-order valence-electron chi connectivity index (χ4n) is 2.25. The first-order chi connectivity index (χ1) is 11.1. The van der Waals surface area contributed by atoms with Gasteiger partial charge in [-0.25, -0.2) is 4.79 Å². The van der Waals surface area contributed by atoms with Crippen molar-refractivity contribution in [2.75, 3.05) is 18.6 Å². The molecular weight excluding hydrogens is 358 g/mol. The van der Waals surface area contributed by atoms with Crippen LogP contribution in [0.5, 0.6) is 0 Å². The minimum Gasteiger partial charge on any atom is -0.462 e. The van der Waals surface area contributed by atoms with Crippen molar-refractivity contribution in [2.24, 2.45) is 0 Å². The molecular formula is C18H18BrNO3. The van der Waals surface area contributed by atoms with Crippen LogP contribution in [0.25, 0.3) is 0 Å². The molecule has 0 N–H and O–H groups in total. The van der Waals surface area contributed by atoms with Crippen LogP contribution in [0.2, 0.25) is 0 Å². The number of methoxy groups -OCH3 is 1. The Kier molecular flexibility index (Phi) is 6.35. The number of halogens is 1. The zero-order valence-corrected chi connectivity index (χ0v) is 14.5. The molecule has 5 heteroatoms. The van der Waals surface area contributed by atoms with Gasteiger partial charge < -0.3 is 9.64 Å². The van der Waals surface area contributed by atoms with E-state index >= 15 is 0 Å². The Morgan fingerprint density at radius 3 is 2.30 bits per heavy atom. The minimum absolute atomic E-state index is 0.449. The molecule has 0 unspecified atom stereocenters. The second-order valence-electron chi connectivity index (χ2n) is 5.01. The minimum atomic E-state index is -0.854. The molecule has 0 spiro atoms. The van der Waals surface area contributed by atoms with E-state index in [-0.39, 0.29) is 0 Å². The maximum absolute atomic E-state index is 12.2. The lowest BCUT2D eigenvalue weighted by atomic mass is 10.1. The zero-order chi connectivity index (χ0) is 16.7. The number of esters is 1. The second kappa shape index (κ2) is 8.48. The Labute approximate surface area is 144 Å². The first kappa shape index (κ1) is 17.2. The number of carbonyl (C=O) groups excluding carboxylic acids is 2. The van der Waals surface area contributed by atoms with Gasteiger partial charge in [0.25, 0.3) is 0 Å². The highest BCUT2D eigenvalue weighted by Gasteiger charge is 2.23. The standard InChI is InChI=1S/C18H18BrNO3/c1-23-18(22)17(21)20(16-11-9-15(19)10-12-16)13-5-8-14-6-3-2-4-7-14/h2-4,6-7,9-12H,5,8,13H2,1H3. The van der Waals surface area contributed by atoms with Gasteiger partial charge in [-0.1, -0.05) is 46.3 Å². The quantitative estimate of drug-likeness (QED) is 0.592. The fraction of sp³-hybridized carbons (Fsp3) is 0.222. The summed E-state index contributed by atoms with van der Waals surface area (Å²) in [7, 11) is 1.21. The van der Waals surface area contributed by atoms with Gasteiger partial charge >= 0.3 is 11.9 Å². The van der Waals surface area contributed by atoms with E-state index in [0.717, 1.165) is 17.3 Å². The van der Waals surface area contributed by atoms with Crippen molar-refractivity contribution in [3.63, 3.8) is 0 Å². The smallest absolute Gasteiger partial charge is 0.397 e. The van der Waals surface area contributed by atoms with Gasteiger partial charge in [0.1, 0.15) is 0 Å². The summed E-state index contributed by atoms with van der Waals surface area (Å²) < 4.78 is 5.48. The van der Waals surface area contributed by atoms with Gasteiger partial charge in [0.2, 0.25) is 0 Å². The van der Waals surface area contributed by atoms with Crippen molar-refractivity contribution >= 4 is 33.5 Å². The van der Waals surface area contributed by atoms with Gasteiger partial charge in [0.15, 0.2) is 0 Å². The van der Waals surface area contributed by atoms with Crippen molar-refractivity contribution in [1.82, 2.24) is 0 Å². The number of carbonyl (C=O) groups is 2. The molecule has 0 aliphatic carbocycles. The van der Waals surface area contributed by atoms with Gasteiger partial charge in [-0.05, 0) is 42.7 Å². The fourth-order valence-corrected chi connectivity index (χ4v) is 2.52. The van der Waals surface area contributed by atoms with Gasteiger partial charge in [-0.15, -0.1) is 0 Å². The summed E-state index contributed by atoms with van der Waals surface area (Å²) in [6.07, 6.45) is 1.59. The van der Waals surface area contributed by atoms with Crippen LogP contribution in [0.1, 0.15) is 12.0 Å². The summed E-state index contributed by atoms with van der Waals surface area (Å²) >= 11 is 3.36. The molecule has 23 heavy (non-hydrogen) atoms. The van der Waals surface area contributed by atoms with Gasteiger partial charge in [-0.3, -0.25) is 4.79 Å². The molecule has 0 saturated carbocycles. The summed E-state index contributed by atoms with van der Waals surface area (Å²) in [6.45, 7) is 0.449. The van der Waals surface area contributed by atoms with Crippen molar-refractivity contribution < 1.29 is 14.3 Å². The molecule has 0 atom stereocenters. The van der Waals surface area contributed by atoms with Crippen LogP contribution in [-0.4, -0.2) is 25.5 Å². The number of benzene rings is 2. The summed E-state index contributed by atoms with van der Waals surface area (Å²) in [5.41, 5.74) is 1.88. The Morgan fingerprint density at radius 1 is 1.04 bits per heavy atom. The van der Waals surface area contributed by atoms with E-state index < -0.39 is 11.9 Å². The van der Waals surface area contributed by atoms with Crippen LogP contribution in [0.4, 0.5) is 5.69 Å².